The lowest BCUT2D eigenvalue weighted by Gasteiger charge is -2.15. The SMILES string of the molecule is Cc1nc(CCc2ccncc2)sc1C(=O)NC1CCCCCC1. The van der Waals surface area contributed by atoms with Crippen LogP contribution in [0.2, 0.25) is 0 Å². The Hall–Kier alpha value is -1.75. The molecule has 4 nitrogen and oxygen atoms in total. The number of carbonyl (C=O) groups excluding carboxylic acids is 1. The highest BCUT2D eigenvalue weighted by atomic mass is 32.1. The van der Waals surface area contributed by atoms with E-state index >= 15 is 0 Å². The molecule has 0 atom stereocenters. The Morgan fingerprint density at radius 3 is 2.58 bits per heavy atom. The van der Waals surface area contributed by atoms with Gasteiger partial charge in [0, 0.05) is 24.9 Å². The van der Waals surface area contributed by atoms with Gasteiger partial charge in [-0.3, -0.25) is 9.78 Å². The fraction of sp³-hybridized carbons (Fsp3) is 0.526. The lowest BCUT2D eigenvalue weighted by molar-refractivity contribution is 0.0936. The summed E-state index contributed by atoms with van der Waals surface area (Å²) in [5, 5.41) is 4.26. The fourth-order valence-corrected chi connectivity index (χ4v) is 4.21. The molecule has 0 bridgehead atoms. The van der Waals surface area contributed by atoms with Crippen molar-refractivity contribution < 1.29 is 4.79 Å². The summed E-state index contributed by atoms with van der Waals surface area (Å²) in [6.07, 6.45) is 12.7. The Balaban J connectivity index is 1.59. The summed E-state index contributed by atoms with van der Waals surface area (Å²) in [6.45, 7) is 1.94. The number of aryl methyl sites for hydroxylation is 3. The maximum atomic E-state index is 12.6. The quantitative estimate of drug-likeness (QED) is 0.832. The summed E-state index contributed by atoms with van der Waals surface area (Å²) < 4.78 is 0. The average molecular weight is 343 g/mol. The van der Waals surface area contributed by atoms with Crippen LogP contribution in [0.1, 0.15) is 64.5 Å². The van der Waals surface area contributed by atoms with Crippen molar-refractivity contribution in [3.8, 4) is 0 Å². The number of nitrogens with zero attached hydrogens (tertiary/aromatic N) is 2. The number of thiazole rings is 1. The van der Waals surface area contributed by atoms with Crippen LogP contribution in [0.25, 0.3) is 0 Å². The van der Waals surface area contributed by atoms with E-state index in [9.17, 15) is 4.79 Å². The number of rotatable bonds is 5. The number of hydrogen-bond acceptors (Lipinski definition) is 4. The van der Waals surface area contributed by atoms with E-state index in [4.69, 9.17) is 0 Å². The van der Waals surface area contributed by atoms with E-state index < -0.39 is 0 Å². The minimum Gasteiger partial charge on any atom is -0.349 e. The molecule has 0 radical (unpaired) electrons. The first-order valence-corrected chi connectivity index (χ1v) is 9.70. The molecule has 1 aliphatic carbocycles. The lowest BCUT2D eigenvalue weighted by atomic mass is 10.1. The highest BCUT2D eigenvalue weighted by molar-refractivity contribution is 7.13. The molecule has 1 fully saturated rings. The van der Waals surface area contributed by atoms with Crippen molar-refractivity contribution in [3.63, 3.8) is 0 Å². The van der Waals surface area contributed by atoms with Crippen LogP contribution in [0.5, 0.6) is 0 Å². The van der Waals surface area contributed by atoms with E-state index in [2.05, 4.69) is 15.3 Å². The molecule has 2 aromatic rings. The summed E-state index contributed by atoms with van der Waals surface area (Å²) in [5.41, 5.74) is 2.11. The second kappa shape index (κ2) is 8.38. The van der Waals surface area contributed by atoms with Gasteiger partial charge in [-0.05, 0) is 43.9 Å². The van der Waals surface area contributed by atoms with E-state index in [1.165, 1.54) is 31.2 Å². The minimum absolute atomic E-state index is 0.0621. The molecule has 1 N–H and O–H groups in total. The van der Waals surface area contributed by atoms with Crippen molar-refractivity contribution in [2.24, 2.45) is 0 Å². The summed E-state index contributed by atoms with van der Waals surface area (Å²) >= 11 is 1.54. The van der Waals surface area contributed by atoms with Crippen LogP contribution in [0.3, 0.4) is 0 Å². The van der Waals surface area contributed by atoms with Crippen LogP contribution in [0.15, 0.2) is 24.5 Å². The van der Waals surface area contributed by atoms with E-state index in [1.54, 1.807) is 11.3 Å². The van der Waals surface area contributed by atoms with Gasteiger partial charge in [0.2, 0.25) is 0 Å². The van der Waals surface area contributed by atoms with Gasteiger partial charge in [-0.25, -0.2) is 4.98 Å². The van der Waals surface area contributed by atoms with Crippen molar-refractivity contribution in [2.75, 3.05) is 0 Å². The molecule has 0 aliphatic heterocycles. The average Bonchev–Trinajstić information content (AvgIpc) is 2.79. The van der Waals surface area contributed by atoms with Crippen LogP contribution in [0, 0.1) is 6.92 Å². The number of nitrogens with one attached hydrogen (secondary N) is 1. The van der Waals surface area contributed by atoms with Gasteiger partial charge in [-0.15, -0.1) is 11.3 Å². The minimum atomic E-state index is 0.0621. The molecular formula is C19H25N3OS. The molecule has 3 rings (SSSR count). The van der Waals surface area contributed by atoms with E-state index in [0.717, 1.165) is 41.3 Å². The zero-order valence-corrected chi connectivity index (χ0v) is 15.1. The molecule has 1 amide bonds. The second-order valence-corrected chi connectivity index (χ2v) is 7.62. The highest BCUT2D eigenvalue weighted by Crippen LogP contribution is 2.22. The number of aromatic nitrogens is 2. The van der Waals surface area contributed by atoms with Crippen LogP contribution >= 0.6 is 11.3 Å². The van der Waals surface area contributed by atoms with Crippen molar-refractivity contribution >= 4 is 17.2 Å². The second-order valence-electron chi connectivity index (χ2n) is 6.54. The Morgan fingerprint density at radius 2 is 1.88 bits per heavy atom. The van der Waals surface area contributed by atoms with Gasteiger partial charge < -0.3 is 5.32 Å². The highest BCUT2D eigenvalue weighted by Gasteiger charge is 2.19. The van der Waals surface area contributed by atoms with Gasteiger partial charge in [0.15, 0.2) is 0 Å². The molecule has 2 aromatic heterocycles. The predicted octanol–water partition coefficient (Wildman–Crippen LogP) is 4.08. The topological polar surface area (TPSA) is 54.9 Å². The summed E-state index contributed by atoms with van der Waals surface area (Å²) in [7, 11) is 0. The number of carbonyl (C=O) groups is 1. The van der Waals surface area contributed by atoms with Gasteiger partial charge in [0.25, 0.3) is 5.91 Å². The Labute approximate surface area is 147 Å². The predicted molar refractivity (Wildman–Crippen MR) is 97.5 cm³/mol. The summed E-state index contributed by atoms with van der Waals surface area (Å²) in [4.78, 5) is 22.0. The van der Waals surface area contributed by atoms with Gasteiger partial charge in [-0.2, -0.15) is 0 Å². The molecule has 128 valence electrons. The van der Waals surface area contributed by atoms with Gasteiger partial charge in [0.05, 0.1) is 10.7 Å². The molecular weight excluding hydrogens is 318 g/mol. The van der Waals surface area contributed by atoms with Crippen molar-refractivity contribution in [3.05, 3.63) is 45.7 Å². The van der Waals surface area contributed by atoms with Gasteiger partial charge >= 0.3 is 0 Å². The van der Waals surface area contributed by atoms with Crippen LogP contribution in [-0.4, -0.2) is 21.9 Å². The number of pyridine rings is 1. The monoisotopic (exact) mass is 343 g/mol. The first-order chi connectivity index (χ1) is 11.7. The van der Waals surface area contributed by atoms with E-state index in [1.807, 2.05) is 31.5 Å². The fourth-order valence-electron chi connectivity index (χ4n) is 3.25. The molecule has 0 aromatic carbocycles. The molecule has 5 heteroatoms. The Bertz CT molecular complexity index is 661. The summed E-state index contributed by atoms with van der Waals surface area (Å²) in [5.74, 6) is 0.0621. The largest absolute Gasteiger partial charge is 0.349 e. The van der Waals surface area contributed by atoms with Gasteiger partial charge in [-0.1, -0.05) is 25.7 Å². The van der Waals surface area contributed by atoms with Crippen LogP contribution < -0.4 is 5.32 Å². The first kappa shape index (κ1) is 17.1. The normalized spacial score (nSPS) is 15.9. The third-order valence-corrected chi connectivity index (χ3v) is 5.83. The molecule has 2 heterocycles. The molecule has 1 aliphatic rings. The zero-order valence-electron chi connectivity index (χ0n) is 14.3. The molecule has 0 unspecified atom stereocenters. The smallest absolute Gasteiger partial charge is 0.263 e. The van der Waals surface area contributed by atoms with Gasteiger partial charge in [0.1, 0.15) is 4.88 Å². The molecule has 0 saturated heterocycles. The van der Waals surface area contributed by atoms with E-state index in [0.29, 0.717) is 6.04 Å². The van der Waals surface area contributed by atoms with E-state index in [-0.39, 0.29) is 5.91 Å². The van der Waals surface area contributed by atoms with Crippen molar-refractivity contribution in [2.45, 2.75) is 64.3 Å². The maximum Gasteiger partial charge on any atom is 0.263 e. The summed E-state index contributed by atoms with van der Waals surface area (Å²) in [6, 6.07) is 4.39. The Kier molecular flexibility index (Phi) is 5.96. The third kappa shape index (κ3) is 4.63. The molecule has 24 heavy (non-hydrogen) atoms. The van der Waals surface area contributed by atoms with Crippen LogP contribution in [0.4, 0.5) is 0 Å². The maximum absolute atomic E-state index is 12.6. The first-order valence-electron chi connectivity index (χ1n) is 8.88. The lowest BCUT2D eigenvalue weighted by Crippen LogP contribution is -2.34. The molecule has 1 saturated carbocycles. The van der Waals surface area contributed by atoms with Crippen molar-refractivity contribution in [1.29, 1.82) is 0 Å². The van der Waals surface area contributed by atoms with Crippen LogP contribution in [-0.2, 0) is 12.8 Å². The third-order valence-electron chi connectivity index (χ3n) is 4.61. The number of hydrogen-bond donors (Lipinski definition) is 1. The standard InChI is InChI=1S/C19H25N3OS/c1-14-18(19(23)22-16-6-4-2-3-5-7-16)24-17(21-14)9-8-15-10-12-20-13-11-15/h10-13,16H,2-9H2,1H3,(H,22,23). The Morgan fingerprint density at radius 1 is 1.17 bits per heavy atom. The van der Waals surface area contributed by atoms with Crippen molar-refractivity contribution in [1.82, 2.24) is 15.3 Å². The molecule has 0 spiro atoms. The number of amides is 1. The zero-order chi connectivity index (χ0) is 16.8.